The molecule has 1 rings (SSSR count). The number of ether oxygens (including phenoxy) is 1. The first-order chi connectivity index (χ1) is 6.84. The molecular formula is C8H11Cl2N3O. The number of nitrogens with one attached hydrogen (secondary N) is 1. The number of halogens is 2. The molecule has 0 amide bonds. The van der Waals surface area contributed by atoms with Gasteiger partial charge in [0.05, 0.1) is 19.4 Å². The van der Waals surface area contributed by atoms with Crippen LogP contribution in [0.4, 0.5) is 5.82 Å². The second-order valence-corrected chi connectivity index (χ2v) is 3.23. The van der Waals surface area contributed by atoms with Crippen LogP contribution >= 0.6 is 23.2 Å². The number of hydrogen-bond donors (Lipinski definition) is 1. The number of rotatable bonds is 6. The van der Waals surface area contributed by atoms with Crippen LogP contribution in [0.3, 0.4) is 0 Å². The Bertz CT molecular complexity index is 273. The lowest BCUT2D eigenvalue weighted by Crippen LogP contribution is -2.11. The summed E-state index contributed by atoms with van der Waals surface area (Å²) in [6.45, 7) is 1.78. The van der Waals surface area contributed by atoms with Gasteiger partial charge in [0.2, 0.25) is 0 Å². The van der Waals surface area contributed by atoms with Crippen LogP contribution in [0.1, 0.15) is 0 Å². The maximum atomic E-state index is 5.81. The second-order valence-electron chi connectivity index (χ2n) is 2.45. The first-order valence-corrected chi connectivity index (χ1v) is 5.09. The highest BCUT2D eigenvalue weighted by Crippen LogP contribution is 2.15. The van der Waals surface area contributed by atoms with Crippen LogP contribution in [0.15, 0.2) is 12.5 Å². The Morgan fingerprint density at radius 2 is 2.29 bits per heavy atom. The SMILES string of the molecule is ClCCOCCNc1ncncc1Cl. The van der Waals surface area contributed by atoms with Gasteiger partial charge in [-0.25, -0.2) is 9.97 Å². The van der Waals surface area contributed by atoms with Crippen molar-refractivity contribution in [3.63, 3.8) is 0 Å². The smallest absolute Gasteiger partial charge is 0.148 e. The van der Waals surface area contributed by atoms with E-state index in [0.29, 0.717) is 36.5 Å². The summed E-state index contributed by atoms with van der Waals surface area (Å²) in [6, 6.07) is 0. The molecule has 14 heavy (non-hydrogen) atoms. The van der Waals surface area contributed by atoms with Crippen molar-refractivity contribution in [2.24, 2.45) is 0 Å². The molecule has 1 aromatic heterocycles. The van der Waals surface area contributed by atoms with Crippen molar-refractivity contribution in [2.75, 3.05) is 31.0 Å². The van der Waals surface area contributed by atoms with Gasteiger partial charge in [0.15, 0.2) is 0 Å². The van der Waals surface area contributed by atoms with Crippen LogP contribution in [-0.2, 0) is 4.74 Å². The summed E-state index contributed by atoms with van der Waals surface area (Å²) >= 11 is 11.3. The van der Waals surface area contributed by atoms with Crippen LogP contribution in [0.2, 0.25) is 5.02 Å². The zero-order valence-corrected chi connectivity index (χ0v) is 9.05. The summed E-state index contributed by atoms with van der Waals surface area (Å²) in [5.41, 5.74) is 0. The van der Waals surface area contributed by atoms with Gasteiger partial charge in [-0.05, 0) is 0 Å². The van der Waals surface area contributed by atoms with Crippen LogP contribution in [0.25, 0.3) is 0 Å². The minimum absolute atomic E-state index is 0.504. The lowest BCUT2D eigenvalue weighted by molar-refractivity contribution is 0.160. The molecule has 1 aromatic rings. The number of anilines is 1. The molecule has 0 radical (unpaired) electrons. The van der Waals surface area contributed by atoms with Crippen molar-refractivity contribution in [3.05, 3.63) is 17.5 Å². The van der Waals surface area contributed by atoms with E-state index in [2.05, 4.69) is 15.3 Å². The maximum absolute atomic E-state index is 5.81. The van der Waals surface area contributed by atoms with Crippen LogP contribution in [-0.4, -0.2) is 35.6 Å². The Kier molecular flexibility index (Phi) is 5.59. The first kappa shape index (κ1) is 11.5. The average molecular weight is 236 g/mol. The van der Waals surface area contributed by atoms with E-state index in [0.717, 1.165) is 0 Å². The largest absolute Gasteiger partial charge is 0.378 e. The van der Waals surface area contributed by atoms with Crippen molar-refractivity contribution in [2.45, 2.75) is 0 Å². The molecule has 0 fully saturated rings. The van der Waals surface area contributed by atoms with Crippen LogP contribution in [0.5, 0.6) is 0 Å². The van der Waals surface area contributed by atoms with Crippen molar-refractivity contribution in [3.8, 4) is 0 Å². The van der Waals surface area contributed by atoms with Gasteiger partial charge < -0.3 is 10.1 Å². The Morgan fingerprint density at radius 1 is 1.43 bits per heavy atom. The average Bonchev–Trinajstić information content (AvgIpc) is 2.20. The lowest BCUT2D eigenvalue weighted by Gasteiger charge is -2.06. The molecule has 0 bridgehead atoms. The lowest BCUT2D eigenvalue weighted by atomic mass is 10.5. The third-order valence-corrected chi connectivity index (χ3v) is 1.86. The molecule has 0 aliphatic rings. The highest BCUT2D eigenvalue weighted by molar-refractivity contribution is 6.32. The third-order valence-electron chi connectivity index (χ3n) is 1.43. The highest BCUT2D eigenvalue weighted by atomic mass is 35.5. The van der Waals surface area contributed by atoms with E-state index in [1.54, 1.807) is 0 Å². The van der Waals surface area contributed by atoms with E-state index in [9.17, 15) is 0 Å². The molecule has 0 aliphatic carbocycles. The van der Waals surface area contributed by atoms with Crippen molar-refractivity contribution in [1.29, 1.82) is 0 Å². The van der Waals surface area contributed by atoms with Crippen LogP contribution < -0.4 is 5.32 Å². The second kappa shape index (κ2) is 6.81. The molecule has 1 N–H and O–H groups in total. The van der Waals surface area contributed by atoms with Gasteiger partial charge in [0.25, 0.3) is 0 Å². The van der Waals surface area contributed by atoms with Crippen molar-refractivity contribution < 1.29 is 4.74 Å². The maximum Gasteiger partial charge on any atom is 0.148 e. The van der Waals surface area contributed by atoms with E-state index < -0.39 is 0 Å². The van der Waals surface area contributed by atoms with Crippen molar-refractivity contribution >= 4 is 29.0 Å². The molecule has 0 spiro atoms. The molecule has 0 aliphatic heterocycles. The quantitative estimate of drug-likeness (QED) is 0.604. The minimum Gasteiger partial charge on any atom is -0.378 e. The Labute approximate surface area is 92.6 Å². The molecule has 0 atom stereocenters. The Morgan fingerprint density at radius 3 is 3.00 bits per heavy atom. The summed E-state index contributed by atoms with van der Waals surface area (Å²) in [5, 5.41) is 3.53. The normalized spacial score (nSPS) is 10.1. The standard InChI is InChI=1S/C8H11Cl2N3O/c9-1-3-14-4-2-12-8-7(10)5-11-6-13-8/h5-6H,1-4H2,(H,11,12,13). The Hall–Kier alpha value is -0.580. The van der Waals surface area contributed by atoms with E-state index >= 15 is 0 Å². The zero-order valence-electron chi connectivity index (χ0n) is 7.54. The fourth-order valence-electron chi connectivity index (χ4n) is 0.841. The molecule has 0 saturated heterocycles. The third kappa shape index (κ3) is 4.09. The monoisotopic (exact) mass is 235 g/mol. The molecule has 6 heteroatoms. The zero-order chi connectivity index (χ0) is 10.2. The van der Waals surface area contributed by atoms with E-state index in [1.165, 1.54) is 12.5 Å². The summed E-state index contributed by atoms with van der Waals surface area (Å²) in [7, 11) is 0. The summed E-state index contributed by atoms with van der Waals surface area (Å²) in [6.07, 6.45) is 2.98. The van der Waals surface area contributed by atoms with Crippen LogP contribution in [0, 0.1) is 0 Å². The molecular weight excluding hydrogens is 225 g/mol. The number of hydrogen-bond acceptors (Lipinski definition) is 4. The topological polar surface area (TPSA) is 47.0 Å². The van der Waals surface area contributed by atoms with Gasteiger partial charge in [-0.2, -0.15) is 0 Å². The molecule has 78 valence electrons. The minimum atomic E-state index is 0.504. The highest BCUT2D eigenvalue weighted by Gasteiger charge is 1.98. The van der Waals surface area contributed by atoms with Gasteiger partial charge in [-0.3, -0.25) is 0 Å². The summed E-state index contributed by atoms with van der Waals surface area (Å²) in [4.78, 5) is 7.73. The van der Waals surface area contributed by atoms with Gasteiger partial charge in [-0.1, -0.05) is 11.6 Å². The van der Waals surface area contributed by atoms with Crippen molar-refractivity contribution in [1.82, 2.24) is 9.97 Å². The number of alkyl halides is 1. The predicted molar refractivity (Wildman–Crippen MR) is 57.1 cm³/mol. The molecule has 1 heterocycles. The van der Waals surface area contributed by atoms with Gasteiger partial charge in [0, 0.05) is 12.4 Å². The molecule has 0 unspecified atom stereocenters. The number of aromatic nitrogens is 2. The fraction of sp³-hybridized carbons (Fsp3) is 0.500. The molecule has 0 saturated carbocycles. The first-order valence-electron chi connectivity index (χ1n) is 4.17. The Balaban J connectivity index is 2.21. The fourth-order valence-corrected chi connectivity index (χ4v) is 1.12. The van der Waals surface area contributed by atoms with Gasteiger partial charge in [-0.15, -0.1) is 11.6 Å². The number of nitrogens with zero attached hydrogens (tertiary/aromatic N) is 2. The van der Waals surface area contributed by atoms with Gasteiger partial charge in [0.1, 0.15) is 17.2 Å². The summed E-state index contributed by atoms with van der Waals surface area (Å²) < 4.78 is 5.16. The molecule has 0 aromatic carbocycles. The van der Waals surface area contributed by atoms with E-state index in [-0.39, 0.29) is 0 Å². The van der Waals surface area contributed by atoms with E-state index in [1.807, 2.05) is 0 Å². The van der Waals surface area contributed by atoms with E-state index in [4.69, 9.17) is 27.9 Å². The molecule has 4 nitrogen and oxygen atoms in total. The predicted octanol–water partition coefficient (Wildman–Crippen LogP) is 1.80. The summed E-state index contributed by atoms with van der Waals surface area (Å²) in [5.74, 6) is 1.13. The van der Waals surface area contributed by atoms with Gasteiger partial charge >= 0.3 is 0 Å².